The van der Waals surface area contributed by atoms with Crippen LogP contribution in [0.3, 0.4) is 0 Å². The second-order valence-electron chi connectivity index (χ2n) is 5.05. The summed E-state index contributed by atoms with van der Waals surface area (Å²) in [5.74, 6) is 1.79. The van der Waals surface area contributed by atoms with Crippen LogP contribution in [0.1, 0.15) is 39.5 Å². The minimum atomic E-state index is 0.839. The second-order valence-corrected chi connectivity index (χ2v) is 5.05. The van der Waals surface area contributed by atoms with Gasteiger partial charge in [-0.05, 0) is 43.4 Å². The number of rotatable bonds is 3. The monoisotopic (exact) mass is 179 g/mol. The third-order valence-electron chi connectivity index (χ3n) is 3.62. The van der Waals surface area contributed by atoms with Crippen molar-refractivity contribution in [3.8, 4) is 0 Å². The van der Waals surface area contributed by atoms with Gasteiger partial charge in [-0.3, -0.25) is 0 Å². The van der Waals surface area contributed by atoms with E-state index in [2.05, 4.69) is 32.0 Å². The number of hydrogen-bond acceptors (Lipinski definition) is 1. The van der Waals surface area contributed by atoms with Crippen LogP contribution >= 0.6 is 0 Å². The molecule has 0 N–H and O–H groups in total. The fraction of sp³-hybridized carbons (Fsp3) is 0.833. The molecule has 0 bridgehead atoms. The summed E-state index contributed by atoms with van der Waals surface area (Å²) in [6.07, 6.45) is 7.97. The van der Waals surface area contributed by atoms with Gasteiger partial charge in [0.2, 0.25) is 0 Å². The highest BCUT2D eigenvalue weighted by Crippen LogP contribution is 2.44. The van der Waals surface area contributed by atoms with Crippen molar-refractivity contribution in [2.75, 3.05) is 7.05 Å². The summed E-state index contributed by atoms with van der Waals surface area (Å²) in [6, 6.07) is 0.839. The van der Waals surface area contributed by atoms with Gasteiger partial charge >= 0.3 is 0 Å². The van der Waals surface area contributed by atoms with Gasteiger partial charge in [0.25, 0.3) is 0 Å². The fourth-order valence-corrected chi connectivity index (χ4v) is 2.63. The van der Waals surface area contributed by atoms with E-state index in [0.717, 1.165) is 17.9 Å². The molecule has 1 aliphatic carbocycles. The molecule has 2 rings (SSSR count). The van der Waals surface area contributed by atoms with Gasteiger partial charge in [0, 0.05) is 19.0 Å². The van der Waals surface area contributed by atoms with Gasteiger partial charge in [0.15, 0.2) is 0 Å². The molecule has 0 aromatic rings. The van der Waals surface area contributed by atoms with Crippen LogP contribution in [-0.2, 0) is 0 Å². The molecule has 1 heterocycles. The lowest BCUT2D eigenvalue weighted by Crippen LogP contribution is -2.32. The van der Waals surface area contributed by atoms with Crippen molar-refractivity contribution in [1.29, 1.82) is 0 Å². The van der Waals surface area contributed by atoms with E-state index in [0.29, 0.717) is 0 Å². The minimum absolute atomic E-state index is 0.839. The standard InChI is InChI=1S/C12H21N/c1-9(2)4-7-12-11-6-5-10(11)8-13(12)3/h8-9,11-12H,4-7H2,1-3H3. The summed E-state index contributed by atoms with van der Waals surface area (Å²) in [5.41, 5.74) is 1.72. The molecule has 13 heavy (non-hydrogen) atoms. The topological polar surface area (TPSA) is 3.24 Å². The zero-order valence-corrected chi connectivity index (χ0v) is 9.09. The van der Waals surface area contributed by atoms with Crippen molar-refractivity contribution < 1.29 is 0 Å². The van der Waals surface area contributed by atoms with E-state index in [1.54, 1.807) is 5.57 Å². The third-order valence-corrected chi connectivity index (χ3v) is 3.62. The molecule has 1 saturated carbocycles. The molecular weight excluding hydrogens is 158 g/mol. The summed E-state index contributed by atoms with van der Waals surface area (Å²) in [5, 5.41) is 0. The predicted molar refractivity (Wildman–Crippen MR) is 56.4 cm³/mol. The molecule has 2 atom stereocenters. The Kier molecular flexibility index (Phi) is 2.35. The molecule has 2 unspecified atom stereocenters. The Balaban J connectivity index is 1.87. The van der Waals surface area contributed by atoms with Gasteiger partial charge in [-0.15, -0.1) is 0 Å². The van der Waals surface area contributed by atoms with E-state index < -0.39 is 0 Å². The van der Waals surface area contributed by atoms with Gasteiger partial charge in [-0.2, -0.15) is 0 Å². The van der Waals surface area contributed by atoms with E-state index in [1.807, 2.05) is 0 Å². The maximum Gasteiger partial charge on any atom is 0.0347 e. The van der Waals surface area contributed by atoms with Crippen LogP contribution < -0.4 is 0 Å². The fourth-order valence-electron chi connectivity index (χ4n) is 2.63. The predicted octanol–water partition coefficient (Wildman–Crippen LogP) is 3.03. The Morgan fingerprint density at radius 2 is 2.31 bits per heavy atom. The first kappa shape index (κ1) is 9.11. The smallest absolute Gasteiger partial charge is 0.0347 e. The molecule has 0 radical (unpaired) electrons. The van der Waals surface area contributed by atoms with E-state index in [9.17, 15) is 0 Å². The molecule has 1 aliphatic heterocycles. The average molecular weight is 179 g/mol. The number of nitrogens with zero attached hydrogens (tertiary/aromatic N) is 1. The highest BCUT2D eigenvalue weighted by atomic mass is 15.1. The summed E-state index contributed by atoms with van der Waals surface area (Å²) in [4.78, 5) is 2.45. The lowest BCUT2D eigenvalue weighted by atomic mass is 9.76. The molecule has 0 aromatic heterocycles. The molecule has 74 valence electrons. The largest absolute Gasteiger partial charge is 0.377 e. The maximum absolute atomic E-state index is 2.45. The van der Waals surface area contributed by atoms with Crippen molar-refractivity contribution >= 4 is 0 Å². The first-order valence-corrected chi connectivity index (χ1v) is 5.61. The van der Waals surface area contributed by atoms with Crippen molar-refractivity contribution in [2.24, 2.45) is 11.8 Å². The summed E-state index contributed by atoms with van der Waals surface area (Å²) >= 11 is 0. The zero-order chi connectivity index (χ0) is 9.42. The van der Waals surface area contributed by atoms with Gasteiger partial charge in [-0.25, -0.2) is 0 Å². The molecule has 0 aromatic carbocycles. The van der Waals surface area contributed by atoms with Crippen molar-refractivity contribution in [3.05, 3.63) is 11.8 Å². The molecule has 1 heteroatoms. The second kappa shape index (κ2) is 3.36. The van der Waals surface area contributed by atoms with Crippen molar-refractivity contribution in [2.45, 2.75) is 45.6 Å². The molecule has 1 fully saturated rings. The first-order chi connectivity index (χ1) is 6.18. The quantitative estimate of drug-likeness (QED) is 0.643. The summed E-state index contributed by atoms with van der Waals surface area (Å²) in [7, 11) is 2.25. The maximum atomic E-state index is 2.45. The Morgan fingerprint density at radius 1 is 1.54 bits per heavy atom. The average Bonchev–Trinajstić information content (AvgIpc) is 2.23. The SMILES string of the molecule is CC(C)CCC1C2CCC2=CN1C. The van der Waals surface area contributed by atoms with Crippen LogP contribution in [0.4, 0.5) is 0 Å². The molecule has 1 nitrogen and oxygen atoms in total. The van der Waals surface area contributed by atoms with E-state index in [-0.39, 0.29) is 0 Å². The van der Waals surface area contributed by atoms with E-state index in [4.69, 9.17) is 0 Å². The molecular formula is C12H21N. The van der Waals surface area contributed by atoms with Crippen LogP contribution in [-0.4, -0.2) is 18.0 Å². The Hall–Kier alpha value is -0.460. The van der Waals surface area contributed by atoms with Crippen molar-refractivity contribution in [1.82, 2.24) is 4.90 Å². The lowest BCUT2D eigenvalue weighted by Gasteiger charge is -2.33. The Bertz CT molecular complexity index is 217. The van der Waals surface area contributed by atoms with Gasteiger partial charge in [0.1, 0.15) is 0 Å². The highest BCUT2D eigenvalue weighted by Gasteiger charge is 2.38. The molecule has 0 amide bonds. The van der Waals surface area contributed by atoms with Crippen LogP contribution in [0.25, 0.3) is 0 Å². The number of fused-ring (bicyclic) bond motifs is 1. The minimum Gasteiger partial charge on any atom is -0.377 e. The van der Waals surface area contributed by atoms with Crippen LogP contribution in [0, 0.1) is 11.8 Å². The zero-order valence-electron chi connectivity index (χ0n) is 9.09. The van der Waals surface area contributed by atoms with E-state index >= 15 is 0 Å². The molecule has 0 saturated heterocycles. The van der Waals surface area contributed by atoms with Crippen molar-refractivity contribution in [3.63, 3.8) is 0 Å². The van der Waals surface area contributed by atoms with E-state index in [1.165, 1.54) is 25.7 Å². The highest BCUT2D eigenvalue weighted by molar-refractivity contribution is 5.23. The summed E-state index contributed by atoms with van der Waals surface area (Å²) < 4.78 is 0. The molecule has 0 spiro atoms. The van der Waals surface area contributed by atoms with Crippen LogP contribution in [0.2, 0.25) is 0 Å². The lowest BCUT2D eigenvalue weighted by molar-refractivity contribution is 0.235. The summed E-state index contributed by atoms with van der Waals surface area (Å²) in [6.45, 7) is 4.65. The van der Waals surface area contributed by atoms with Crippen LogP contribution in [0.15, 0.2) is 11.8 Å². The van der Waals surface area contributed by atoms with Gasteiger partial charge < -0.3 is 4.90 Å². The number of hydrogen-bond donors (Lipinski definition) is 0. The third kappa shape index (κ3) is 1.61. The normalized spacial score (nSPS) is 31.7. The molecule has 2 aliphatic rings. The Morgan fingerprint density at radius 3 is 2.77 bits per heavy atom. The Labute approximate surface area is 81.8 Å². The first-order valence-electron chi connectivity index (χ1n) is 5.61. The van der Waals surface area contributed by atoms with Crippen LogP contribution in [0.5, 0.6) is 0 Å². The van der Waals surface area contributed by atoms with Gasteiger partial charge in [-0.1, -0.05) is 13.8 Å². The van der Waals surface area contributed by atoms with Gasteiger partial charge in [0.05, 0.1) is 0 Å².